The van der Waals surface area contributed by atoms with Crippen molar-refractivity contribution in [3.8, 4) is 0 Å². The fourth-order valence-corrected chi connectivity index (χ4v) is 6.48. The summed E-state index contributed by atoms with van der Waals surface area (Å²) < 4.78 is 58.8. The van der Waals surface area contributed by atoms with E-state index in [2.05, 4.69) is 66.6 Å². The first kappa shape index (κ1) is 51.8. The summed E-state index contributed by atoms with van der Waals surface area (Å²) in [5.74, 6) is -0.483. The van der Waals surface area contributed by atoms with Crippen LogP contribution in [0, 0.1) is 0 Å². The number of ether oxygens (including phenoxy) is 4. The molecule has 13 heteroatoms. The SMILES string of the molecule is CC/C=C\C/C=C\C/C=C\C/C=C\CCC(=O)OC(COCCCCCCCC/C=C\CCCCCCCC)COC1OC(CO)C(O)C(OS(=O)(=O)O)C1O. The van der Waals surface area contributed by atoms with Crippen LogP contribution in [-0.2, 0) is 38.3 Å². The van der Waals surface area contributed by atoms with Crippen LogP contribution in [0.25, 0.3) is 0 Å². The number of rotatable bonds is 35. The van der Waals surface area contributed by atoms with Gasteiger partial charge in [0.15, 0.2) is 6.29 Å². The summed E-state index contributed by atoms with van der Waals surface area (Å²) in [5, 5.41) is 30.6. The van der Waals surface area contributed by atoms with Gasteiger partial charge in [0.2, 0.25) is 0 Å². The van der Waals surface area contributed by atoms with Gasteiger partial charge in [-0.15, -0.1) is 0 Å². The van der Waals surface area contributed by atoms with Crippen molar-refractivity contribution in [1.82, 2.24) is 0 Å². The fraction of sp³-hybridized carbons (Fsp3) is 0.744. The maximum atomic E-state index is 12.8. The van der Waals surface area contributed by atoms with Gasteiger partial charge in [0, 0.05) is 13.0 Å². The number of hydrogen-bond acceptors (Lipinski definition) is 11. The number of carbonyl (C=O) groups excluding carboxylic acids is 1. The zero-order chi connectivity index (χ0) is 41.1. The highest BCUT2D eigenvalue weighted by molar-refractivity contribution is 7.80. The third-order valence-corrected chi connectivity index (χ3v) is 9.60. The summed E-state index contributed by atoms with van der Waals surface area (Å²) in [7, 11) is -5.07. The zero-order valence-corrected chi connectivity index (χ0v) is 35.0. The predicted molar refractivity (Wildman–Crippen MR) is 220 cm³/mol. The van der Waals surface area contributed by atoms with E-state index in [9.17, 15) is 28.5 Å². The molecule has 1 saturated heterocycles. The van der Waals surface area contributed by atoms with Crippen LogP contribution in [0.1, 0.15) is 142 Å². The number of esters is 1. The molecule has 1 aliphatic heterocycles. The first-order valence-electron chi connectivity index (χ1n) is 21.0. The lowest BCUT2D eigenvalue weighted by molar-refractivity contribution is -0.301. The lowest BCUT2D eigenvalue weighted by Gasteiger charge is -2.41. The topological polar surface area (TPSA) is 178 Å². The van der Waals surface area contributed by atoms with E-state index in [1.165, 1.54) is 57.8 Å². The number of carbonyl (C=O) groups is 1. The molecule has 0 spiro atoms. The highest BCUT2D eigenvalue weighted by atomic mass is 32.3. The van der Waals surface area contributed by atoms with Gasteiger partial charge < -0.3 is 34.3 Å². The summed E-state index contributed by atoms with van der Waals surface area (Å²) in [6.07, 6.45) is 32.8. The van der Waals surface area contributed by atoms with E-state index in [-0.39, 0.29) is 19.6 Å². The van der Waals surface area contributed by atoms with E-state index in [1.54, 1.807) is 0 Å². The van der Waals surface area contributed by atoms with Crippen LogP contribution < -0.4 is 0 Å². The number of aliphatic hydroxyl groups excluding tert-OH is 3. The maximum Gasteiger partial charge on any atom is 0.397 e. The van der Waals surface area contributed by atoms with Crippen LogP contribution in [0.4, 0.5) is 0 Å². The molecule has 1 rings (SSSR count). The lowest BCUT2D eigenvalue weighted by Crippen LogP contribution is -2.60. The second kappa shape index (κ2) is 34.8. The molecule has 4 N–H and O–H groups in total. The van der Waals surface area contributed by atoms with Crippen molar-refractivity contribution >= 4 is 16.4 Å². The van der Waals surface area contributed by atoms with E-state index in [0.29, 0.717) is 13.0 Å². The molecule has 0 radical (unpaired) electrons. The summed E-state index contributed by atoms with van der Waals surface area (Å²) in [5.41, 5.74) is 0. The second-order valence-corrected chi connectivity index (χ2v) is 15.2. The number of allylic oxidation sites excluding steroid dienone is 10. The Morgan fingerprint density at radius 2 is 1.23 bits per heavy atom. The van der Waals surface area contributed by atoms with Crippen molar-refractivity contribution in [3.05, 3.63) is 60.8 Å². The van der Waals surface area contributed by atoms with Crippen LogP contribution in [0.3, 0.4) is 0 Å². The Morgan fingerprint density at radius 1 is 0.696 bits per heavy atom. The van der Waals surface area contributed by atoms with Crippen LogP contribution >= 0.6 is 0 Å². The maximum absolute atomic E-state index is 12.8. The third kappa shape index (κ3) is 28.2. The molecule has 1 aliphatic rings. The fourth-order valence-electron chi connectivity index (χ4n) is 5.97. The van der Waals surface area contributed by atoms with Crippen molar-refractivity contribution in [2.45, 2.75) is 179 Å². The van der Waals surface area contributed by atoms with Gasteiger partial charge in [-0.05, 0) is 64.2 Å². The Morgan fingerprint density at radius 3 is 1.80 bits per heavy atom. The van der Waals surface area contributed by atoms with E-state index in [0.717, 1.165) is 57.8 Å². The number of unbranched alkanes of at least 4 members (excludes halogenated alkanes) is 12. The first-order valence-corrected chi connectivity index (χ1v) is 22.4. The number of hydrogen-bond donors (Lipinski definition) is 4. The van der Waals surface area contributed by atoms with Gasteiger partial charge in [-0.2, -0.15) is 8.42 Å². The second-order valence-electron chi connectivity index (χ2n) is 14.2. The van der Waals surface area contributed by atoms with E-state index in [1.807, 2.05) is 12.2 Å². The van der Waals surface area contributed by atoms with E-state index < -0.39 is 59.8 Å². The van der Waals surface area contributed by atoms with Crippen molar-refractivity contribution in [1.29, 1.82) is 0 Å². The monoisotopic (exact) mass is 814 g/mol. The first-order chi connectivity index (χ1) is 27.1. The molecule has 1 fully saturated rings. The van der Waals surface area contributed by atoms with Crippen LogP contribution in [0.2, 0.25) is 0 Å². The molecule has 0 amide bonds. The van der Waals surface area contributed by atoms with Crippen LogP contribution in [0.5, 0.6) is 0 Å². The van der Waals surface area contributed by atoms with Crippen LogP contribution in [0.15, 0.2) is 60.8 Å². The highest BCUT2D eigenvalue weighted by Gasteiger charge is 2.48. The Kier molecular flexibility index (Phi) is 32.2. The Hall–Kier alpha value is -2.20. The van der Waals surface area contributed by atoms with Crippen molar-refractivity contribution in [2.75, 3.05) is 26.4 Å². The quantitative estimate of drug-likeness (QED) is 0.0209. The molecule has 0 aromatic heterocycles. The van der Waals surface area contributed by atoms with Gasteiger partial charge in [0.05, 0.1) is 19.8 Å². The standard InChI is InChI=1S/C43H74O12S/c1-3-5-7-9-11-13-15-17-18-19-21-23-25-27-29-31-33-51-35-37(36-52-43-41(47)42(55-56(48,49)50)40(46)38(34-44)54-43)53-39(45)32-30-28-26-24-22-20-16-14-12-10-8-6-4-2/h6,8,12,14,17-18,20,22,26,28,37-38,40-44,46-47H,3-5,7,9-11,13,15-16,19,21,23-25,27,29-36H2,1-2H3,(H,48,49,50)/b8-6-,14-12-,18-17-,22-20-,28-26-. The Balaban J connectivity index is 2.52. The van der Waals surface area contributed by atoms with Crippen molar-refractivity contribution < 1.29 is 56.2 Å². The minimum atomic E-state index is -5.07. The Bertz CT molecular complexity index is 1220. The molecular formula is C43H74O12S. The van der Waals surface area contributed by atoms with Crippen molar-refractivity contribution in [2.24, 2.45) is 0 Å². The van der Waals surface area contributed by atoms with Gasteiger partial charge in [-0.3, -0.25) is 9.35 Å². The van der Waals surface area contributed by atoms with Gasteiger partial charge in [0.1, 0.15) is 30.5 Å². The van der Waals surface area contributed by atoms with Gasteiger partial charge >= 0.3 is 16.4 Å². The molecule has 56 heavy (non-hydrogen) atoms. The van der Waals surface area contributed by atoms with E-state index >= 15 is 0 Å². The average Bonchev–Trinajstić information content (AvgIpc) is 3.17. The molecule has 0 saturated carbocycles. The van der Waals surface area contributed by atoms with Gasteiger partial charge in [-0.25, -0.2) is 4.18 Å². The minimum Gasteiger partial charge on any atom is -0.457 e. The molecule has 1 heterocycles. The zero-order valence-electron chi connectivity index (χ0n) is 34.2. The van der Waals surface area contributed by atoms with Crippen LogP contribution in [-0.4, -0.2) is 97.5 Å². The normalized spacial score (nSPS) is 21.4. The third-order valence-electron chi connectivity index (χ3n) is 9.14. The van der Waals surface area contributed by atoms with Gasteiger partial charge in [0.25, 0.3) is 0 Å². The smallest absolute Gasteiger partial charge is 0.397 e. The average molecular weight is 815 g/mol. The molecule has 12 nitrogen and oxygen atoms in total. The summed E-state index contributed by atoms with van der Waals surface area (Å²) in [4.78, 5) is 12.8. The molecule has 0 aromatic carbocycles. The molecule has 6 atom stereocenters. The molecular weight excluding hydrogens is 741 g/mol. The lowest BCUT2D eigenvalue weighted by atomic mass is 9.99. The number of aliphatic hydroxyl groups is 3. The molecule has 0 aromatic rings. The molecule has 6 unspecified atom stereocenters. The largest absolute Gasteiger partial charge is 0.457 e. The molecule has 324 valence electrons. The predicted octanol–water partition coefficient (Wildman–Crippen LogP) is 8.18. The summed E-state index contributed by atoms with van der Waals surface area (Å²) in [6, 6.07) is 0. The summed E-state index contributed by atoms with van der Waals surface area (Å²) >= 11 is 0. The van der Waals surface area contributed by atoms with E-state index in [4.69, 9.17) is 23.5 Å². The Labute approximate surface area is 338 Å². The van der Waals surface area contributed by atoms with Crippen molar-refractivity contribution in [3.63, 3.8) is 0 Å². The summed E-state index contributed by atoms with van der Waals surface area (Å²) in [6.45, 7) is 3.74. The van der Waals surface area contributed by atoms with Gasteiger partial charge in [-0.1, -0.05) is 132 Å². The molecule has 0 aliphatic carbocycles. The highest BCUT2D eigenvalue weighted by Crippen LogP contribution is 2.26. The molecule has 0 bridgehead atoms. The minimum absolute atomic E-state index is 0.000598.